The number of nitrogens with one attached hydrogen (secondary N) is 1. The SMILES string of the molecule is CCC(CC)CNS(=O)(=O)CCCC(=O)O. The third-order valence-corrected chi connectivity index (χ3v) is 3.98. The fourth-order valence-electron chi connectivity index (χ4n) is 1.31. The molecule has 0 bridgehead atoms. The van der Waals surface area contributed by atoms with Crippen LogP contribution < -0.4 is 4.72 Å². The van der Waals surface area contributed by atoms with Gasteiger partial charge in [0.15, 0.2) is 0 Å². The molecule has 0 saturated carbocycles. The number of carboxylic acids is 1. The first kappa shape index (κ1) is 15.4. The van der Waals surface area contributed by atoms with Gasteiger partial charge in [-0.1, -0.05) is 26.7 Å². The number of sulfonamides is 1. The van der Waals surface area contributed by atoms with Crippen LogP contribution in [0.5, 0.6) is 0 Å². The molecule has 0 aromatic carbocycles. The van der Waals surface area contributed by atoms with Gasteiger partial charge in [-0.2, -0.15) is 0 Å². The smallest absolute Gasteiger partial charge is 0.303 e. The van der Waals surface area contributed by atoms with E-state index >= 15 is 0 Å². The lowest BCUT2D eigenvalue weighted by atomic mass is 10.0. The summed E-state index contributed by atoms with van der Waals surface area (Å²) in [6.07, 6.45) is 1.93. The van der Waals surface area contributed by atoms with Crippen LogP contribution in [0.3, 0.4) is 0 Å². The highest BCUT2D eigenvalue weighted by Gasteiger charge is 2.13. The molecule has 0 aliphatic heterocycles. The maximum absolute atomic E-state index is 11.4. The van der Waals surface area contributed by atoms with Crippen molar-refractivity contribution in [1.29, 1.82) is 0 Å². The van der Waals surface area contributed by atoms with Crippen LogP contribution in [0.2, 0.25) is 0 Å². The molecule has 0 aromatic rings. The number of hydrogen-bond donors (Lipinski definition) is 2. The highest BCUT2D eigenvalue weighted by Crippen LogP contribution is 2.06. The van der Waals surface area contributed by atoms with Gasteiger partial charge < -0.3 is 5.11 Å². The van der Waals surface area contributed by atoms with Gasteiger partial charge in [-0.15, -0.1) is 0 Å². The van der Waals surface area contributed by atoms with Crippen molar-refractivity contribution in [2.24, 2.45) is 5.92 Å². The molecule has 0 amide bonds. The Morgan fingerprint density at radius 1 is 1.31 bits per heavy atom. The second-order valence-corrected chi connectivity index (χ2v) is 5.77. The van der Waals surface area contributed by atoms with E-state index in [1.165, 1.54) is 0 Å². The zero-order valence-corrected chi connectivity index (χ0v) is 10.7. The summed E-state index contributed by atoms with van der Waals surface area (Å²) in [5, 5.41) is 8.39. The van der Waals surface area contributed by atoms with E-state index in [9.17, 15) is 13.2 Å². The molecule has 0 aromatic heterocycles. The van der Waals surface area contributed by atoms with Crippen LogP contribution >= 0.6 is 0 Å². The molecule has 0 atom stereocenters. The average molecular weight is 251 g/mol. The van der Waals surface area contributed by atoms with Gasteiger partial charge >= 0.3 is 5.97 Å². The second kappa shape index (κ2) is 7.62. The van der Waals surface area contributed by atoms with Crippen LogP contribution in [-0.2, 0) is 14.8 Å². The number of carbonyl (C=O) groups is 1. The Hall–Kier alpha value is -0.620. The van der Waals surface area contributed by atoms with Gasteiger partial charge in [-0.25, -0.2) is 13.1 Å². The first-order valence-electron chi connectivity index (χ1n) is 5.60. The van der Waals surface area contributed by atoms with Crippen LogP contribution in [-0.4, -0.2) is 31.8 Å². The van der Waals surface area contributed by atoms with Crippen LogP contribution in [0.1, 0.15) is 39.5 Å². The molecule has 96 valence electrons. The minimum Gasteiger partial charge on any atom is -0.481 e. The van der Waals surface area contributed by atoms with E-state index in [1.54, 1.807) is 0 Å². The molecule has 16 heavy (non-hydrogen) atoms. The van der Waals surface area contributed by atoms with E-state index < -0.39 is 16.0 Å². The molecular formula is C10H21NO4S. The maximum Gasteiger partial charge on any atom is 0.303 e. The Morgan fingerprint density at radius 2 is 1.88 bits per heavy atom. The number of carboxylic acid groups (broad SMARTS) is 1. The molecule has 2 N–H and O–H groups in total. The normalized spacial score (nSPS) is 11.9. The van der Waals surface area contributed by atoms with Crippen molar-refractivity contribution in [3.63, 3.8) is 0 Å². The second-order valence-electron chi connectivity index (χ2n) is 3.85. The highest BCUT2D eigenvalue weighted by atomic mass is 32.2. The zero-order valence-electron chi connectivity index (χ0n) is 9.90. The van der Waals surface area contributed by atoms with E-state index in [-0.39, 0.29) is 18.6 Å². The molecule has 0 saturated heterocycles. The Morgan fingerprint density at radius 3 is 2.31 bits per heavy atom. The number of rotatable bonds is 9. The monoisotopic (exact) mass is 251 g/mol. The van der Waals surface area contributed by atoms with Gasteiger partial charge in [-0.3, -0.25) is 4.79 Å². The van der Waals surface area contributed by atoms with Crippen molar-refractivity contribution in [2.75, 3.05) is 12.3 Å². The predicted octanol–water partition coefficient (Wildman–Crippen LogP) is 1.21. The van der Waals surface area contributed by atoms with Crippen molar-refractivity contribution in [1.82, 2.24) is 4.72 Å². The molecule has 0 rings (SSSR count). The summed E-state index contributed by atoms with van der Waals surface area (Å²) in [4.78, 5) is 10.2. The first-order valence-corrected chi connectivity index (χ1v) is 7.25. The van der Waals surface area contributed by atoms with Crippen LogP contribution in [0.4, 0.5) is 0 Å². The standard InChI is InChI=1S/C10H21NO4S/c1-3-9(4-2)8-11-16(14,15)7-5-6-10(12)13/h9,11H,3-8H2,1-2H3,(H,12,13). The third-order valence-electron chi connectivity index (χ3n) is 2.55. The summed E-state index contributed by atoms with van der Waals surface area (Å²) in [6.45, 7) is 4.49. The fraction of sp³-hybridized carbons (Fsp3) is 0.900. The van der Waals surface area contributed by atoms with E-state index in [0.717, 1.165) is 12.8 Å². The van der Waals surface area contributed by atoms with Gasteiger partial charge in [0.1, 0.15) is 0 Å². The van der Waals surface area contributed by atoms with Crippen LogP contribution in [0.15, 0.2) is 0 Å². The summed E-state index contributed by atoms with van der Waals surface area (Å²) < 4.78 is 25.4. The first-order chi connectivity index (χ1) is 7.41. The van der Waals surface area contributed by atoms with Gasteiger partial charge in [-0.05, 0) is 12.3 Å². The van der Waals surface area contributed by atoms with Gasteiger partial charge in [0.2, 0.25) is 10.0 Å². The Kier molecular flexibility index (Phi) is 7.33. The van der Waals surface area contributed by atoms with Gasteiger partial charge in [0.25, 0.3) is 0 Å². The van der Waals surface area contributed by atoms with E-state index in [4.69, 9.17) is 5.11 Å². The average Bonchev–Trinajstić information content (AvgIpc) is 2.18. The highest BCUT2D eigenvalue weighted by molar-refractivity contribution is 7.89. The Labute approximate surface area is 97.3 Å². The molecule has 0 fully saturated rings. The van der Waals surface area contributed by atoms with Gasteiger partial charge in [0.05, 0.1) is 5.75 Å². The summed E-state index contributed by atoms with van der Waals surface area (Å²) in [6, 6.07) is 0. The summed E-state index contributed by atoms with van der Waals surface area (Å²) >= 11 is 0. The number of aliphatic carboxylic acids is 1. The van der Waals surface area contributed by atoms with Crippen LogP contribution in [0.25, 0.3) is 0 Å². The lowest BCUT2D eigenvalue weighted by molar-refractivity contribution is -0.137. The topological polar surface area (TPSA) is 83.5 Å². The quantitative estimate of drug-likeness (QED) is 0.645. The largest absolute Gasteiger partial charge is 0.481 e. The molecule has 5 nitrogen and oxygen atoms in total. The minimum atomic E-state index is -3.31. The summed E-state index contributed by atoms with van der Waals surface area (Å²) in [5.74, 6) is -0.719. The van der Waals surface area contributed by atoms with Crippen LogP contribution in [0, 0.1) is 5.92 Å². The van der Waals surface area contributed by atoms with E-state index in [2.05, 4.69) is 4.72 Å². The summed E-state index contributed by atoms with van der Waals surface area (Å²) in [5.41, 5.74) is 0. The fourth-order valence-corrected chi connectivity index (χ4v) is 2.47. The third kappa shape index (κ3) is 7.64. The summed E-state index contributed by atoms with van der Waals surface area (Å²) in [7, 11) is -3.31. The Bertz CT molecular complexity index is 296. The van der Waals surface area contributed by atoms with Crippen molar-refractivity contribution < 1.29 is 18.3 Å². The van der Waals surface area contributed by atoms with E-state index in [1.807, 2.05) is 13.8 Å². The van der Waals surface area contributed by atoms with E-state index in [0.29, 0.717) is 12.5 Å². The lowest BCUT2D eigenvalue weighted by Crippen LogP contribution is -2.31. The zero-order chi connectivity index (χ0) is 12.6. The molecule has 0 aliphatic carbocycles. The number of hydrogen-bond acceptors (Lipinski definition) is 3. The molecular weight excluding hydrogens is 230 g/mol. The maximum atomic E-state index is 11.4. The lowest BCUT2D eigenvalue weighted by Gasteiger charge is -2.13. The minimum absolute atomic E-state index is 0.105. The molecule has 0 radical (unpaired) electrons. The Balaban J connectivity index is 3.91. The predicted molar refractivity (Wildman–Crippen MR) is 62.7 cm³/mol. The molecule has 0 heterocycles. The van der Waals surface area contributed by atoms with Crippen molar-refractivity contribution in [2.45, 2.75) is 39.5 Å². The molecule has 0 aliphatic rings. The molecule has 6 heteroatoms. The van der Waals surface area contributed by atoms with Gasteiger partial charge in [0, 0.05) is 13.0 Å². The van der Waals surface area contributed by atoms with Crippen molar-refractivity contribution in [3.05, 3.63) is 0 Å². The molecule has 0 spiro atoms. The van der Waals surface area contributed by atoms with Crippen molar-refractivity contribution >= 4 is 16.0 Å². The van der Waals surface area contributed by atoms with Crippen molar-refractivity contribution in [3.8, 4) is 0 Å². The molecule has 0 unspecified atom stereocenters.